The predicted octanol–water partition coefficient (Wildman–Crippen LogP) is 2.18. The van der Waals surface area contributed by atoms with Gasteiger partial charge in [0.15, 0.2) is 0 Å². The van der Waals surface area contributed by atoms with E-state index in [0.717, 1.165) is 11.1 Å². The molecule has 86 valence electrons. The third-order valence-corrected chi connectivity index (χ3v) is 3.18. The molecule has 1 aliphatic rings. The Labute approximate surface area is 96.4 Å². The summed E-state index contributed by atoms with van der Waals surface area (Å²) in [6, 6.07) is 5.04. The molecular formula is C11H10ClF2NO. The highest BCUT2D eigenvalue weighted by Gasteiger charge is 2.47. The van der Waals surface area contributed by atoms with Crippen LogP contribution in [0.2, 0.25) is 5.02 Å². The van der Waals surface area contributed by atoms with E-state index in [4.69, 9.17) is 17.3 Å². The van der Waals surface area contributed by atoms with Crippen molar-refractivity contribution in [2.45, 2.75) is 18.8 Å². The van der Waals surface area contributed by atoms with Gasteiger partial charge in [0.1, 0.15) is 0 Å². The van der Waals surface area contributed by atoms with E-state index in [1.54, 1.807) is 18.2 Å². The van der Waals surface area contributed by atoms with E-state index in [1.165, 1.54) is 0 Å². The Bertz CT molecular complexity index is 448. The number of nitrogens with two attached hydrogens (primary N) is 1. The average Bonchev–Trinajstić information content (AvgIpc) is 2.60. The summed E-state index contributed by atoms with van der Waals surface area (Å²) in [6.07, 6.45) is 0.314. The van der Waals surface area contributed by atoms with Crippen LogP contribution in [-0.2, 0) is 17.6 Å². The van der Waals surface area contributed by atoms with Crippen molar-refractivity contribution in [3.8, 4) is 0 Å². The van der Waals surface area contributed by atoms with Crippen molar-refractivity contribution in [3.05, 3.63) is 34.3 Å². The molecule has 2 nitrogen and oxygen atoms in total. The summed E-state index contributed by atoms with van der Waals surface area (Å²) in [5, 5.41) is 0.516. The van der Waals surface area contributed by atoms with Crippen LogP contribution in [0.4, 0.5) is 8.78 Å². The standard InChI is InChI=1S/C11H10ClF2NO/c12-9-2-1-6-3-8(4-7(6)5-9)11(13,14)10(15)16/h1-2,5,8H,3-4H2,(H2,15,16). The molecule has 16 heavy (non-hydrogen) atoms. The van der Waals surface area contributed by atoms with Crippen LogP contribution in [0, 0.1) is 5.92 Å². The third kappa shape index (κ3) is 1.78. The number of halogens is 3. The molecule has 0 bridgehead atoms. The summed E-state index contributed by atoms with van der Waals surface area (Å²) in [4.78, 5) is 10.7. The minimum Gasteiger partial charge on any atom is -0.364 e. The van der Waals surface area contributed by atoms with E-state index in [2.05, 4.69) is 0 Å². The molecule has 0 aliphatic heterocycles. The molecular weight excluding hydrogens is 236 g/mol. The van der Waals surface area contributed by atoms with Crippen molar-refractivity contribution in [1.29, 1.82) is 0 Å². The molecule has 5 heteroatoms. The first-order valence-electron chi connectivity index (χ1n) is 4.86. The number of hydrogen-bond donors (Lipinski definition) is 1. The fraction of sp³-hybridized carbons (Fsp3) is 0.364. The summed E-state index contributed by atoms with van der Waals surface area (Å²) in [7, 11) is 0. The van der Waals surface area contributed by atoms with E-state index >= 15 is 0 Å². The van der Waals surface area contributed by atoms with Crippen molar-refractivity contribution in [3.63, 3.8) is 0 Å². The Kier molecular flexibility index (Phi) is 2.62. The fourth-order valence-electron chi connectivity index (χ4n) is 2.04. The topological polar surface area (TPSA) is 43.1 Å². The molecule has 0 fully saturated rings. The number of rotatable bonds is 2. The molecule has 2 N–H and O–H groups in total. The van der Waals surface area contributed by atoms with Gasteiger partial charge in [0, 0.05) is 10.9 Å². The lowest BCUT2D eigenvalue weighted by molar-refractivity contribution is -0.149. The van der Waals surface area contributed by atoms with Crippen LogP contribution in [0.25, 0.3) is 0 Å². The molecule has 1 atom stereocenters. The predicted molar refractivity (Wildman–Crippen MR) is 56.5 cm³/mol. The molecule has 0 aromatic heterocycles. The van der Waals surface area contributed by atoms with Gasteiger partial charge in [-0.25, -0.2) is 0 Å². The zero-order valence-electron chi connectivity index (χ0n) is 8.34. The second-order valence-electron chi connectivity index (χ2n) is 4.01. The fourth-order valence-corrected chi connectivity index (χ4v) is 2.24. The van der Waals surface area contributed by atoms with E-state index in [1.807, 2.05) is 0 Å². The zero-order valence-corrected chi connectivity index (χ0v) is 9.10. The van der Waals surface area contributed by atoms with Crippen molar-refractivity contribution < 1.29 is 13.6 Å². The maximum atomic E-state index is 13.4. The molecule has 0 saturated heterocycles. The molecule has 2 rings (SSSR count). The molecule has 1 aromatic rings. The van der Waals surface area contributed by atoms with Gasteiger partial charge in [-0.15, -0.1) is 0 Å². The third-order valence-electron chi connectivity index (χ3n) is 2.94. The van der Waals surface area contributed by atoms with Gasteiger partial charge in [0.25, 0.3) is 5.91 Å². The number of carbonyl (C=O) groups excluding carboxylic acids is 1. The summed E-state index contributed by atoms with van der Waals surface area (Å²) in [5.41, 5.74) is 6.29. The van der Waals surface area contributed by atoms with E-state index in [-0.39, 0.29) is 12.8 Å². The number of primary amides is 1. The van der Waals surface area contributed by atoms with Crippen LogP contribution in [0.3, 0.4) is 0 Å². The largest absolute Gasteiger partial charge is 0.364 e. The summed E-state index contributed by atoms with van der Waals surface area (Å²) < 4.78 is 26.8. The highest BCUT2D eigenvalue weighted by Crippen LogP contribution is 2.37. The van der Waals surface area contributed by atoms with Gasteiger partial charge >= 0.3 is 5.92 Å². The highest BCUT2D eigenvalue weighted by molar-refractivity contribution is 6.30. The number of fused-ring (bicyclic) bond motifs is 1. The Balaban J connectivity index is 2.26. The Hall–Kier alpha value is -1.16. The lowest BCUT2D eigenvalue weighted by Crippen LogP contribution is -2.42. The maximum absolute atomic E-state index is 13.4. The average molecular weight is 246 g/mol. The van der Waals surface area contributed by atoms with Crippen molar-refractivity contribution in [2.75, 3.05) is 0 Å². The number of benzene rings is 1. The van der Waals surface area contributed by atoms with Crippen LogP contribution in [-0.4, -0.2) is 11.8 Å². The minimum atomic E-state index is -3.45. The molecule has 1 aliphatic carbocycles. The van der Waals surface area contributed by atoms with Crippen LogP contribution in [0.15, 0.2) is 18.2 Å². The molecule has 0 spiro atoms. The molecule has 0 radical (unpaired) electrons. The monoisotopic (exact) mass is 245 g/mol. The molecule has 1 unspecified atom stereocenters. The molecule has 0 heterocycles. The van der Waals surface area contributed by atoms with Crippen molar-refractivity contribution >= 4 is 17.5 Å². The number of amides is 1. The first kappa shape index (κ1) is 11.3. The smallest absolute Gasteiger partial charge is 0.327 e. The summed E-state index contributed by atoms with van der Waals surface area (Å²) >= 11 is 5.77. The first-order chi connectivity index (χ1) is 7.41. The van der Waals surface area contributed by atoms with Gasteiger partial charge in [-0.2, -0.15) is 8.78 Å². The zero-order chi connectivity index (χ0) is 11.9. The van der Waals surface area contributed by atoms with Gasteiger partial charge in [0.05, 0.1) is 0 Å². The lowest BCUT2D eigenvalue weighted by Gasteiger charge is -2.18. The van der Waals surface area contributed by atoms with Crippen LogP contribution in [0.5, 0.6) is 0 Å². The lowest BCUT2D eigenvalue weighted by atomic mass is 9.98. The van der Waals surface area contributed by atoms with E-state index < -0.39 is 17.7 Å². The van der Waals surface area contributed by atoms with Crippen LogP contribution >= 0.6 is 11.6 Å². The second kappa shape index (κ2) is 3.70. The van der Waals surface area contributed by atoms with Crippen molar-refractivity contribution in [1.82, 2.24) is 0 Å². The Morgan fingerprint density at radius 1 is 1.38 bits per heavy atom. The minimum absolute atomic E-state index is 0.145. The number of carbonyl (C=O) groups is 1. The summed E-state index contributed by atoms with van der Waals surface area (Å²) in [5.74, 6) is -6.05. The highest BCUT2D eigenvalue weighted by atomic mass is 35.5. The molecule has 1 amide bonds. The van der Waals surface area contributed by atoms with Gasteiger partial charge < -0.3 is 5.73 Å². The number of alkyl halides is 2. The molecule has 0 saturated carbocycles. The SMILES string of the molecule is NC(=O)C(F)(F)C1Cc2ccc(Cl)cc2C1. The quantitative estimate of drug-likeness (QED) is 0.853. The maximum Gasteiger partial charge on any atom is 0.327 e. The molecule has 1 aromatic carbocycles. The second-order valence-corrected chi connectivity index (χ2v) is 4.44. The van der Waals surface area contributed by atoms with Crippen LogP contribution in [0.1, 0.15) is 11.1 Å². The Morgan fingerprint density at radius 3 is 2.62 bits per heavy atom. The first-order valence-corrected chi connectivity index (χ1v) is 5.24. The number of hydrogen-bond acceptors (Lipinski definition) is 1. The van der Waals surface area contributed by atoms with Gasteiger partial charge in [-0.3, -0.25) is 4.79 Å². The van der Waals surface area contributed by atoms with Crippen molar-refractivity contribution in [2.24, 2.45) is 11.7 Å². The van der Waals surface area contributed by atoms with Gasteiger partial charge in [-0.1, -0.05) is 17.7 Å². The van der Waals surface area contributed by atoms with E-state index in [9.17, 15) is 13.6 Å². The Morgan fingerprint density at radius 2 is 2.00 bits per heavy atom. The van der Waals surface area contributed by atoms with E-state index in [0.29, 0.717) is 5.02 Å². The summed E-state index contributed by atoms with van der Waals surface area (Å²) in [6.45, 7) is 0. The van der Waals surface area contributed by atoms with Gasteiger partial charge in [0.2, 0.25) is 0 Å². The van der Waals surface area contributed by atoms with Crippen LogP contribution < -0.4 is 5.73 Å². The normalized spacial score (nSPS) is 19.6. The van der Waals surface area contributed by atoms with Gasteiger partial charge in [-0.05, 0) is 36.1 Å².